The van der Waals surface area contributed by atoms with Gasteiger partial charge in [-0.25, -0.2) is 5.43 Å². The Labute approximate surface area is 122 Å². The van der Waals surface area contributed by atoms with Gasteiger partial charge in [0, 0.05) is 16.5 Å². The number of amides is 1. The van der Waals surface area contributed by atoms with E-state index in [-0.39, 0.29) is 11.7 Å². The molecule has 5 heteroatoms. The molecule has 0 saturated carbocycles. The van der Waals surface area contributed by atoms with E-state index in [1.54, 1.807) is 18.2 Å². The number of halogens is 1. The van der Waals surface area contributed by atoms with Gasteiger partial charge >= 0.3 is 0 Å². The Kier molecular flexibility index (Phi) is 7.18. The van der Waals surface area contributed by atoms with Crippen LogP contribution >= 0.6 is 15.9 Å². The van der Waals surface area contributed by atoms with Crippen LogP contribution in [0.4, 0.5) is 0 Å². The average molecular weight is 327 g/mol. The van der Waals surface area contributed by atoms with E-state index in [1.165, 1.54) is 6.21 Å². The Morgan fingerprint density at radius 2 is 2.21 bits per heavy atom. The molecule has 0 spiro atoms. The van der Waals surface area contributed by atoms with Gasteiger partial charge in [0.05, 0.1) is 6.21 Å². The number of benzene rings is 1. The third-order valence-corrected chi connectivity index (χ3v) is 3.13. The number of nitrogens with one attached hydrogen (secondary N) is 1. The summed E-state index contributed by atoms with van der Waals surface area (Å²) in [6.45, 7) is 2.13. The summed E-state index contributed by atoms with van der Waals surface area (Å²) in [6, 6.07) is 5.03. The Balaban J connectivity index is 2.36. The van der Waals surface area contributed by atoms with Gasteiger partial charge in [0.15, 0.2) is 0 Å². The normalized spacial score (nSPS) is 10.8. The predicted molar refractivity (Wildman–Crippen MR) is 80.3 cm³/mol. The molecule has 0 radical (unpaired) electrons. The summed E-state index contributed by atoms with van der Waals surface area (Å²) >= 11 is 3.31. The number of aromatic hydroxyl groups is 1. The second-order valence-corrected chi connectivity index (χ2v) is 5.22. The molecule has 0 aliphatic rings. The number of unbranched alkanes of at least 4 members (excludes halogenated alkanes) is 3. The molecule has 0 saturated heterocycles. The van der Waals surface area contributed by atoms with Crippen LogP contribution in [-0.2, 0) is 4.79 Å². The molecule has 4 nitrogen and oxygen atoms in total. The zero-order valence-corrected chi connectivity index (χ0v) is 12.6. The average Bonchev–Trinajstić information content (AvgIpc) is 2.39. The summed E-state index contributed by atoms with van der Waals surface area (Å²) in [5, 5.41) is 13.4. The van der Waals surface area contributed by atoms with Crippen LogP contribution in [0, 0.1) is 0 Å². The highest BCUT2D eigenvalue weighted by Gasteiger charge is 2.00. The van der Waals surface area contributed by atoms with Gasteiger partial charge in [0.1, 0.15) is 5.75 Å². The van der Waals surface area contributed by atoms with E-state index in [0.717, 1.165) is 30.2 Å². The van der Waals surface area contributed by atoms with E-state index in [1.807, 2.05) is 0 Å². The van der Waals surface area contributed by atoms with Crippen molar-refractivity contribution in [2.24, 2.45) is 5.10 Å². The summed E-state index contributed by atoms with van der Waals surface area (Å²) in [5.41, 5.74) is 3.01. The van der Waals surface area contributed by atoms with E-state index in [2.05, 4.69) is 33.4 Å². The second-order valence-electron chi connectivity index (χ2n) is 4.31. The third-order valence-electron chi connectivity index (χ3n) is 2.64. The van der Waals surface area contributed by atoms with Crippen molar-refractivity contribution in [3.63, 3.8) is 0 Å². The van der Waals surface area contributed by atoms with Crippen molar-refractivity contribution in [2.75, 3.05) is 0 Å². The van der Waals surface area contributed by atoms with E-state index >= 15 is 0 Å². The molecule has 2 N–H and O–H groups in total. The largest absolute Gasteiger partial charge is 0.507 e. The Morgan fingerprint density at radius 3 is 2.95 bits per heavy atom. The maximum Gasteiger partial charge on any atom is 0.240 e. The van der Waals surface area contributed by atoms with Crippen LogP contribution in [0.1, 0.15) is 44.6 Å². The first-order valence-corrected chi connectivity index (χ1v) is 7.23. The standard InChI is InChI=1S/C14H19BrN2O2/c1-2-3-4-5-6-14(19)17-16-10-11-9-12(15)7-8-13(11)18/h7-10,18H,2-6H2,1H3,(H,17,19). The quantitative estimate of drug-likeness (QED) is 0.457. The first-order valence-electron chi connectivity index (χ1n) is 6.44. The number of hydrazone groups is 1. The van der Waals surface area contributed by atoms with Crippen LogP contribution in [0.25, 0.3) is 0 Å². The SMILES string of the molecule is CCCCCCC(=O)NN=Cc1cc(Br)ccc1O. The molecule has 0 heterocycles. The van der Waals surface area contributed by atoms with Crippen LogP contribution in [0.3, 0.4) is 0 Å². The van der Waals surface area contributed by atoms with Crippen LogP contribution in [0.2, 0.25) is 0 Å². The fourth-order valence-electron chi connectivity index (χ4n) is 1.57. The van der Waals surface area contributed by atoms with Gasteiger partial charge in [-0.05, 0) is 24.6 Å². The second kappa shape index (κ2) is 8.69. The van der Waals surface area contributed by atoms with Crippen molar-refractivity contribution >= 4 is 28.1 Å². The number of hydrogen-bond acceptors (Lipinski definition) is 3. The van der Waals surface area contributed by atoms with Crippen LogP contribution in [-0.4, -0.2) is 17.2 Å². The first-order chi connectivity index (χ1) is 9.13. The highest BCUT2D eigenvalue weighted by molar-refractivity contribution is 9.10. The van der Waals surface area contributed by atoms with Crippen molar-refractivity contribution in [2.45, 2.75) is 39.0 Å². The van der Waals surface area contributed by atoms with E-state index in [9.17, 15) is 9.90 Å². The van der Waals surface area contributed by atoms with Gasteiger partial charge in [-0.15, -0.1) is 0 Å². The minimum absolute atomic E-state index is 0.0955. The molecular weight excluding hydrogens is 308 g/mol. The molecular formula is C14H19BrN2O2. The Hall–Kier alpha value is -1.36. The molecule has 1 aromatic carbocycles. The predicted octanol–water partition coefficient (Wildman–Crippen LogP) is 3.58. The van der Waals surface area contributed by atoms with Gasteiger partial charge in [-0.1, -0.05) is 42.1 Å². The topological polar surface area (TPSA) is 61.7 Å². The van der Waals surface area contributed by atoms with Gasteiger partial charge in [-0.2, -0.15) is 5.10 Å². The lowest BCUT2D eigenvalue weighted by molar-refractivity contribution is -0.121. The van der Waals surface area contributed by atoms with E-state index < -0.39 is 0 Å². The molecule has 0 aromatic heterocycles. The van der Waals surface area contributed by atoms with Crippen LogP contribution in [0.15, 0.2) is 27.8 Å². The van der Waals surface area contributed by atoms with Crippen molar-refractivity contribution in [3.8, 4) is 5.75 Å². The lowest BCUT2D eigenvalue weighted by Crippen LogP contribution is -2.16. The first kappa shape index (κ1) is 15.7. The van der Waals surface area contributed by atoms with Crippen molar-refractivity contribution in [1.29, 1.82) is 0 Å². The highest BCUT2D eigenvalue weighted by Crippen LogP contribution is 2.19. The van der Waals surface area contributed by atoms with Crippen LogP contribution in [0.5, 0.6) is 5.75 Å². The van der Waals surface area contributed by atoms with Gasteiger partial charge in [0.25, 0.3) is 0 Å². The number of carbonyl (C=O) groups is 1. The number of phenols is 1. The Morgan fingerprint density at radius 1 is 1.42 bits per heavy atom. The molecule has 1 aromatic rings. The highest BCUT2D eigenvalue weighted by atomic mass is 79.9. The van der Waals surface area contributed by atoms with Crippen molar-refractivity contribution in [3.05, 3.63) is 28.2 Å². The minimum Gasteiger partial charge on any atom is -0.507 e. The molecule has 0 atom stereocenters. The molecule has 0 unspecified atom stereocenters. The summed E-state index contributed by atoms with van der Waals surface area (Å²) in [7, 11) is 0. The molecule has 0 fully saturated rings. The number of nitrogens with zero attached hydrogens (tertiary/aromatic N) is 1. The summed E-state index contributed by atoms with van der Waals surface area (Å²) in [6.07, 6.45) is 6.19. The summed E-state index contributed by atoms with van der Waals surface area (Å²) in [5.74, 6) is 0.0333. The number of phenolic OH excluding ortho intramolecular Hbond substituents is 1. The molecule has 0 bridgehead atoms. The molecule has 1 amide bonds. The minimum atomic E-state index is -0.0955. The summed E-state index contributed by atoms with van der Waals surface area (Å²) < 4.78 is 0.845. The van der Waals surface area contributed by atoms with Gasteiger partial charge < -0.3 is 5.11 Å². The van der Waals surface area contributed by atoms with Crippen molar-refractivity contribution in [1.82, 2.24) is 5.43 Å². The fraction of sp³-hybridized carbons (Fsp3) is 0.429. The van der Waals surface area contributed by atoms with Gasteiger partial charge in [-0.3, -0.25) is 4.79 Å². The monoisotopic (exact) mass is 326 g/mol. The smallest absolute Gasteiger partial charge is 0.240 e. The lowest BCUT2D eigenvalue weighted by Gasteiger charge is -2.01. The van der Waals surface area contributed by atoms with E-state index in [4.69, 9.17) is 0 Å². The molecule has 19 heavy (non-hydrogen) atoms. The zero-order valence-electron chi connectivity index (χ0n) is 11.0. The van der Waals surface area contributed by atoms with E-state index in [0.29, 0.717) is 12.0 Å². The molecule has 0 aliphatic heterocycles. The third kappa shape index (κ3) is 6.38. The lowest BCUT2D eigenvalue weighted by atomic mass is 10.1. The molecule has 0 aliphatic carbocycles. The molecule has 104 valence electrons. The maximum absolute atomic E-state index is 11.5. The number of carbonyl (C=O) groups excluding carboxylic acids is 1. The van der Waals surface area contributed by atoms with Crippen molar-refractivity contribution < 1.29 is 9.90 Å². The number of hydrogen-bond donors (Lipinski definition) is 2. The zero-order chi connectivity index (χ0) is 14.1. The molecule has 1 rings (SSSR count). The van der Waals surface area contributed by atoms with Gasteiger partial charge in [0.2, 0.25) is 5.91 Å². The maximum atomic E-state index is 11.5. The number of rotatable bonds is 7. The Bertz CT molecular complexity index is 447. The van der Waals surface area contributed by atoms with Crippen LogP contribution < -0.4 is 5.43 Å². The summed E-state index contributed by atoms with van der Waals surface area (Å²) in [4.78, 5) is 11.5. The fourth-order valence-corrected chi connectivity index (χ4v) is 1.95.